The van der Waals surface area contributed by atoms with Crippen LogP contribution in [0.5, 0.6) is 0 Å². The van der Waals surface area contributed by atoms with E-state index in [0.29, 0.717) is 6.04 Å². The zero-order chi connectivity index (χ0) is 17.1. The highest BCUT2D eigenvalue weighted by Gasteiger charge is 2.23. The fraction of sp³-hybridized carbons (Fsp3) is 0.286. The van der Waals surface area contributed by atoms with Crippen molar-refractivity contribution in [3.05, 3.63) is 65.1 Å². The van der Waals surface area contributed by atoms with Crippen LogP contribution in [0.4, 0.5) is 0 Å². The van der Waals surface area contributed by atoms with Gasteiger partial charge in [0, 0.05) is 29.4 Å². The number of nitrogens with zero attached hydrogens (tertiary/aromatic N) is 1. The molecule has 3 aromatic rings. The van der Waals surface area contributed by atoms with Crippen LogP contribution in [0.1, 0.15) is 41.8 Å². The first-order valence-electron chi connectivity index (χ1n) is 8.94. The summed E-state index contributed by atoms with van der Waals surface area (Å²) in [7, 11) is 0. The number of aromatic nitrogens is 1. The van der Waals surface area contributed by atoms with Crippen molar-refractivity contribution in [2.75, 3.05) is 0 Å². The molecule has 25 heavy (non-hydrogen) atoms. The lowest BCUT2D eigenvalue weighted by atomic mass is 9.95. The second-order valence-corrected chi connectivity index (χ2v) is 7.47. The van der Waals surface area contributed by atoms with Crippen molar-refractivity contribution < 1.29 is 4.79 Å². The SMILES string of the molecule is O=C(NC1CCCCC1)c1scc(-c2ccccc2)c1-n1cccc1. The molecule has 4 rings (SSSR count). The number of thiophene rings is 1. The minimum Gasteiger partial charge on any atom is -0.349 e. The molecule has 1 aromatic carbocycles. The molecule has 1 aliphatic rings. The van der Waals surface area contributed by atoms with E-state index in [1.807, 2.05) is 42.7 Å². The minimum atomic E-state index is 0.0581. The van der Waals surface area contributed by atoms with Gasteiger partial charge < -0.3 is 9.88 Å². The zero-order valence-corrected chi connectivity index (χ0v) is 15.0. The van der Waals surface area contributed by atoms with Crippen molar-refractivity contribution in [2.45, 2.75) is 38.1 Å². The summed E-state index contributed by atoms with van der Waals surface area (Å²) >= 11 is 1.53. The highest BCUT2D eigenvalue weighted by Crippen LogP contribution is 2.35. The largest absolute Gasteiger partial charge is 0.349 e. The first-order valence-corrected chi connectivity index (χ1v) is 9.82. The van der Waals surface area contributed by atoms with Gasteiger partial charge in [0.05, 0.1) is 5.69 Å². The van der Waals surface area contributed by atoms with Gasteiger partial charge in [-0.15, -0.1) is 11.3 Å². The van der Waals surface area contributed by atoms with Crippen molar-refractivity contribution in [2.24, 2.45) is 0 Å². The molecule has 0 spiro atoms. The molecule has 1 N–H and O–H groups in total. The molecule has 1 fully saturated rings. The fourth-order valence-electron chi connectivity index (χ4n) is 3.57. The minimum absolute atomic E-state index is 0.0581. The molecule has 0 unspecified atom stereocenters. The highest BCUT2D eigenvalue weighted by molar-refractivity contribution is 7.13. The Morgan fingerprint density at radius 1 is 1.00 bits per heavy atom. The first-order chi connectivity index (χ1) is 12.3. The molecule has 1 amide bonds. The van der Waals surface area contributed by atoms with Crippen LogP contribution in [0, 0.1) is 0 Å². The molecule has 2 aromatic heterocycles. The number of hydrogen-bond acceptors (Lipinski definition) is 2. The smallest absolute Gasteiger partial charge is 0.263 e. The van der Waals surface area contributed by atoms with Crippen LogP contribution in [0.3, 0.4) is 0 Å². The number of amides is 1. The van der Waals surface area contributed by atoms with Crippen molar-refractivity contribution in [3.63, 3.8) is 0 Å². The summed E-state index contributed by atoms with van der Waals surface area (Å²) in [6.45, 7) is 0. The topological polar surface area (TPSA) is 34.0 Å². The predicted molar refractivity (Wildman–Crippen MR) is 103 cm³/mol. The maximum Gasteiger partial charge on any atom is 0.263 e. The molecule has 0 saturated heterocycles. The Hall–Kier alpha value is -2.33. The van der Waals surface area contributed by atoms with Crippen LogP contribution in [0.25, 0.3) is 16.8 Å². The Bertz CT molecular complexity index is 830. The Kier molecular flexibility index (Phi) is 4.70. The van der Waals surface area contributed by atoms with E-state index in [4.69, 9.17) is 0 Å². The van der Waals surface area contributed by atoms with E-state index in [2.05, 4.69) is 27.4 Å². The van der Waals surface area contributed by atoms with Crippen LogP contribution in [0.15, 0.2) is 60.2 Å². The van der Waals surface area contributed by atoms with Crippen LogP contribution in [0.2, 0.25) is 0 Å². The van der Waals surface area contributed by atoms with E-state index in [-0.39, 0.29) is 5.91 Å². The molecular formula is C21H22N2OS. The van der Waals surface area contributed by atoms with E-state index in [9.17, 15) is 4.79 Å². The van der Waals surface area contributed by atoms with E-state index in [1.165, 1.54) is 30.6 Å². The lowest BCUT2D eigenvalue weighted by molar-refractivity contribution is 0.0932. The van der Waals surface area contributed by atoms with Gasteiger partial charge in [-0.1, -0.05) is 49.6 Å². The Labute approximate surface area is 152 Å². The number of hydrogen-bond donors (Lipinski definition) is 1. The Morgan fingerprint density at radius 2 is 1.72 bits per heavy atom. The van der Waals surface area contributed by atoms with Crippen LogP contribution >= 0.6 is 11.3 Å². The van der Waals surface area contributed by atoms with Gasteiger partial charge in [-0.25, -0.2) is 0 Å². The molecule has 128 valence electrons. The van der Waals surface area contributed by atoms with E-state index >= 15 is 0 Å². The maximum absolute atomic E-state index is 13.0. The lowest BCUT2D eigenvalue weighted by Crippen LogP contribution is -2.36. The third kappa shape index (κ3) is 3.40. The second-order valence-electron chi connectivity index (χ2n) is 6.59. The number of nitrogens with one attached hydrogen (secondary N) is 1. The van der Waals surface area contributed by atoms with Crippen LogP contribution < -0.4 is 5.32 Å². The standard InChI is InChI=1S/C21H22N2OS/c24-21(22-17-11-5-2-6-12-17)20-19(23-13-7-8-14-23)18(15-25-20)16-9-3-1-4-10-16/h1,3-4,7-10,13-15,17H,2,5-6,11-12H2,(H,22,24). The Balaban J connectivity index is 1.70. The van der Waals surface area contributed by atoms with Gasteiger partial charge in [-0.05, 0) is 30.5 Å². The number of carbonyl (C=O) groups excluding carboxylic acids is 1. The average molecular weight is 350 g/mol. The first kappa shape index (κ1) is 16.2. The van der Waals surface area contributed by atoms with Gasteiger partial charge in [0.25, 0.3) is 5.91 Å². The fourth-order valence-corrected chi connectivity index (χ4v) is 4.55. The summed E-state index contributed by atoms with van der Waals surface area (Å²) < 4.78 is 2.05. The Morgan fingerprint density at radius 3 is 2.44 bits per heavy atom. The van der Waals surface area contributed by atoms with Crippen molar-refractivity contribution in [3.8, 4) is 16.8 Å². The van der Waals surface area contributed by atoms with Gasteiger partial charge in [0.2, 0.25) is 0 Å². The van der Waals surface area contributed by atoms with Gasteiger partial charge in [0.1, 0.15) is 4.88 Å². The third-order valence-corrected chi connectivity index (χ3v) is 5.83. The van der Waals surface area contributed by atoms with Gasteiger partial charge in [-0.3, -0.25) is 4.79 Å². The average Bonchev–Trinajstić information content (AvgIpc) is 3.32. The molecular weight excluding hydrogens is 328 g/mol. The summed E-state index contributed by atoms with van der Waals surface area (Å²) in [5.41, 5.74) is 3.23. The zero-order valence-electron chi connectivity index (χ0n) is 14.2. The van der Waals surface area contributed by atoms with Crippen LogP contribution in [-0.2, 0) is 0 Å². The van der Waals surface area contributed by atoms with Crippen LogP contribution in [-0.4, -0.2) is 16.5 Å². The number of rotatable bonds is 4. The molecule has 1 saturated carbocycles. The molecule has 0 bridgehead atoms. The molecule has 4 heteroatoms. The predicted octanol–water partition coefficient (Wildman–Crippen LogP) is 5.27. The number of benzene rings is 1. The monoisotopic (exact) mass is 350 g/mol. The summed E-state index contributed by atoms with van der Waals surface area (Å²) in [5.74, 6) is 0.0581. The van der Waals surface area contributed by atoms with Crippen molar-refractivity contribution >= 4 is 17.2 Å². The molecule has 1 aliphatic carbocycles. The van der Waals surface area contributed by atoms with Crippen molar-refractivity contribution in [1.82, 2.24) is 9.88 Å². The normalized spacial score (nSPS) is 15.2. The van der Waals surface area contributed by atoms with E-state index in [0.717, 1.165) is 34.5 Å². The summed E-state index contributed by atoms with van der Waals surface area (Å²) in [5, 5.41) is 5.36. The molecule has 0 atom stereocenters. The van der Waals surface area contributed by atoms with E-state index in [1.54, 1.807) is 0 Å². The molecule has 2 heterocycles. The second kappa shape index (κ2) is 7.28. The summed E-state index contributed by atoms with van der Waals surface area (Å²) in [6, 6.07) is 14.6. The molecule has 0 aliphatic heterocycles. The molecule has 3 nitrogen and oxygen atoms in total. The maximum atomic E-state index is 13.0. The lowest BCUT2D eigenvalue weighted by Gasteiger charge is -2.22. The van der Waals surface area contributed by atoms with Gasteiger partial charge >= 0.3 is 0 Å². The molecule has 0 radical (unpaired) electrons. The van der Waals surface area contributed by atoms with Gasteiger partial charge in [0.15, 0.2) is 0 Å². The third-order valence-electron chi connectivity index (χ3n) is 4.86. The summed E-state index contributed by atoms with van der Waals surface area (Å²) in [4.78, 5) is 13.8. The van der Waals surface area contributed by atoms with Crippen molar-refractivity contribution in [1.29, 1.82) is 0 Å². The quantitative estimate of drug-likeness (QED) is 0.683. The summed E-state index contributed by atoms with van der Waals surface area (Å²) in [6.07, 6.45) is 9.93. The van der Waals surface area contributed by atoms with E-state index < -0.39 is 0 Å². The van der Waals surface area contributed by atoms with Gasteiger partial charge in [-0.2, -0.15) is 0 Å². The highest BCUT2D eigenvalue weighted by atomic mass is 32.1. The number of carbonyl (C=O) groups is 1.